The summed E-state index contributed by atoms with van der Waals surface area (Å²) in [5.74, 6) is 0.282. The molecule has 4 aromatic rings. The van der Waals surface area contributed by atoms with Crippen LogP contribution < -0.4 is 5.32 Å². The molecule has 3 aromatic carbocycles. The number of carboxylic acid groups (broad SMARTS) is 1. The first-order chi connectivity index (χ1) is 12.7. The predicted octanol–water partition coefficient (Wildman–Crippen LogP) is 4.74. The Morgan fingerprint density at radius 1 is 0.846 bits per heavy atom. The second kappa shape index (κ2) is 6.64. The van der Waals surface area contributed by atoms with Crippen LogP contribution in [0.15, 0.2) is 78.9 Å². The predicted molar refractivity (Wildman–Crippen MR) is 102 cm³/mol. The summed E-state index contributed by atoms with van der Waals surface area (Å²) < 4.78 is 0. The molecule has 126 valence electrons. The van der Waals surface area contributed by atoms with Crippen molar-refractivity contribution in [3.05, 3.63) is 84.4 Å². The highest BCUT2D eigenvalue weighted by Gasteiger charge is 2.10. The van der Waals surface area contributed by atoms with Gasteiger partial charge in [0, 0.05) is 16.6 Å². The maximum atomic E-state index is 11.2. The number of anilines is 2. The number of fused-ring (bicyclic) bond motifs is 1. The van der Waals surface area contributed by atoms with Crippen molar-refractivity contribution < 1.29 is 9.90 Å². The van der Waals surface area contributed by atoms with Gasteiger partial charge in [-0.1, -0.05) is 48.5 Å². The number of aromatic carboxylic acids is 1. The third-order valence-corrected chi connectivity index (χ3v) is 4.01. The van der Waals surface area contributed by atoms with E-state index in [0.29, 0.717) is 17.3 Å². The molecule has 0 aliphatic heterocycles. The molecule has 0 atom stereocenters. The Morgan fingerprint density at radius 3 is 2.42 bits per heavy atom. The first kappa shape index (κ1) is 15.8. The number of para-hydroxylation sites is 1. The molecule has 4 rings (SSSR count). The summed E-state index contributed by atoms with van der Waals surface area (Å²) >= 11 is 0. The maximum absolute atomic E-state index is 11.2. The lowest BCUT2D eigenvalue weighted by molar-refractivity contribution is 0.0697. The Hall–Kier alpha value is -3.73. The Labute approximate surface area is 150 Å². The fraction of sp³-hybridized carbons (Fsp3) is 0. The van der Waals surface area contributed by atoms with Crippen molar-refractivity contribution >= 4 is 28.4 Å². The third kappa shape index (κ3) is 3.10. The van der Waals surface area contributed by atoms with Gasteiger partial charge in [0.25, 0.3) is 0 Å². The molecule has 5 nitrogen and oxygen atoms in total. The first-order valence-corrected chi connectivity index (χ1v) is 8.13. The van der Waals surface area contributed by atoms with Crippen LogP contribution in [0, 0.1) is 0 Å². The van der Waals surface area contributed by atoms with Gasteiger partial charge in [0.2, 0.25) is 0 Å². The minimum atomic E-state index is -0.967. The Bertz CT molecular complexity index is 1090. The molecule has 0 fully saturated rings. The fourth-order valence-electron chi connectivity index (χ4n) is 2.75. The molecule has 0 saturated carbocycles. The number of aromatic nitrogens is 2. The van der Waals surface area contributed by atoms with E-state index in [2.05, 4.69) is 15.3 Å². The van der Waals surface area contributed by atoms with E-state index in [4.69, 9.17) is 0 Å². The molecule has 0 aliphatic carbocycles. The molecule has 0 radical (unpaired) electrons. The second-order valence-electron chi connectivity index (χ2n) is 5.79. The van der Waals surface area contributed by atoms with Crippen molar-refractivity contribution in [2.45, 2.75) is 0 Å². The van der Waals surface area contributed by atoms with E-state index in [1.54, 1.807) is 18.2 Å². The zero-order valence-electron chi connectivity index (χ0n) is 13.8. The monoisotopic (exact) mass is 341 g/mol. The highest BCUT2D eigenvalue weighted by Crippen LogP contribution is 2.27. The lowest BCUT2D eigenvalue weighted by Gasteiger charge is -2.11. The summed E-state index contributed by atoms with van der Waals surface area (Å²) in [6.45, 7) is 0. The molecule has 1 aromatic heterocycles. The van der Waals surface area contributed by atoms with Crippen LogP contribution in [0.4, 0.5) is 11.5 Å². The quantitative estimate of drug-likeness (QED) is 0.561. The zero-order valence-corrected chi connectivity index (χ0v) is 13.8. The van der Waals surface area contributed by atoms with E-state index in [9.17, 15) is 9.90 Å². The molecular formula is C21H15N3O2. The van der Waals surface area contributed by atoms with Gasteiger partial charge < -0.3 is 10.4 Å². The van der Waals surface area contributed by atoms with E-state index < -0.39 is 5.97 Å². The number of rotatable bonds is 4. The topological polar surface area (TPSA) is 75.1 Å². The largest absolute Gasteiger partial charge is 0.478 e. The standard InChI is InChI=1S/C21H15N3O2/c25-21(26)15-9-6-10-16(13-15)22-20-17-11-4-5-12-18(17)23-19(24-20)14-7-2-1-3-8-14/h1-13H,(H,25,26)(H,22,23,24). The maximum Gasteiger partial charge on any atom is 0.335 e. The number of nitrogens with zero attached hydrogens (tertiary/aromatic N) is 2. The average Bonchev–Trinajstić information content (AvgIpc) is 2.69. The van der Waals surface area contributed by atoms with E-state index in [1.807, 2.05) is 60.7 Å². The molecule has 5 heteroatoms. The van der Waals surface area contributed by atoms with Crippen LogP contribution in [0.2, 0.25) is 0 Å². The fourth-order valence-corrected chi connectivity index (χ4v) is 2.75. The lowest BCUT2D eigenvalue weighted by Crippen LogP contribution is -2.01. The zero-order chi connectivity index (χ0) is 17.9. The second-order valence-corrected chi connectivity index (χ2v) is 5.79. The van der Waals surface area contributed by atoms with Crippen molar-refractivity contribution in [3.63, 3.8) is 0 Å². The van der Waals surface area contributed by atoms with E-state index >= 15 is 0 Å². The first-order valence-electron chi connectivity index (χ1n) is 8.13. The summed E-state index contributed by atoms with van der Waals surface area (Å²) in [5, 5.41) is 13.3. The normalized spacial score (nSPS) is 10.6. The summed E-state index contributed by atoms with van der Waals surface area (Å²) in [4.78, 5) is 20.5. The number of hydrogen-bond donors (Lipinski definition) is 2. The molecule has 0 aliphatic rings. The van der Waals surface area contributed by atoms with Crippen LogP contribution >= 0.6 is 0 Å². The average molecular weight is 341 g/mol. The number of carboxylic acids is 1. The minimum Gasteiger partial charge on any atom is -0.478 e. The SMILES string of the molecule is O=C(O)c1cccc(Nc2nc(-c3ccccc3)nc3ccccc23)c1. The van der Waals surface area contributed by atoms with Gasteiger partial charge in [-0.05, 0) is 30.3 Å². The van der Waals surface area contributed by atoms with Crippen LogP contribution in [0.5, 0.6) is 0 Å². The van der Waals surface area contributed by atoms with E-state index in [-0.39, 0.29) is 5.56 Å². The van der Waals surface area contributed by atoms with E-state index in [1.165, 1.54) is 0 Å². The molecule has 26 heavy (non-hydrogen) atoms. The van der Waals surface area contributed by atoms with Crippen molar-refractivity contribution in [3.8, 4) is 11.4 Å². The third-order valence-electron chi connectivity index (χ3n) is 4.01. The highest BCUT2D eigenvalue weighted by molar-refractivity contribution is 5.93. The van der Waals surface area contributed by atoms with Gasteiger partial charge in [0.05, 0.1) is 11.1 Å². The molecule has 1 heterocycles. The Morgan fingerprint density at radius 2 is 1.62 bits per heavy atom. The van der Waals surface area contributed by atoms with Gasteiger partial charge in [0.15, 0.2) is 5.82 Å². The lowest BCUT2D eigenvalue weighted by atomic mass is 10.1. The Kier molecular flexibility index (Phi) is 4.03. The number of nitrogens with one attached hydrogen (secondary N) is 1. The number of carbonyl (C=O) groups is 1. The molecule has 2 N–H and O–H groups in total. The summed E-state index contributed by atoms with van der Waals surface area (Å²) in [7, 11) is 0. The van der Waals surface area contributed by atoms with Crippen molar-refractivity contribution in [2.75, 3.05) is 5.32 Å². The molecular weight excluding hydrogens is 326 g/mol. The number of benzene rings is 3. The van der Waals surface area contributed by atoms with Crippen LogP contribution in [-0.4, -0.2) is 21.0 Å². The van der Waals surface area contributed by atoms with Gasteiger partial charge in [-0.2, -0.15) is 0 Å². The smallest absolute Gasteiger partial charge is 0.335 e. The summed E-state index contributed by atoms with van der Waals surface area (Å²) in [5.41, 5.74) is 2.61. The Balaban J connectivity index is 1.83. The minimum absolute atomic E-state index is 0.219. The number of hydrogen-bond acceptors (Lipinski definition) is 4. The molecule has 0 bridgehead atoms. The van der Waals surface area contributed by atoms with Crippen LogP contribution in [0.25, 0.3) is 22.3 Å². The van der Waals surface area contributed by atoms with Crippen molar-refractivity contribution in [1.29, 1.82) is 0 Å². The van der Waals surface area contributed by atoms with E-state index in [0.717, 1.165) is 16.5 Å². The van der Waals surface area contributed by atoms with Gasteiger partial charge in [-0.15, -0.1) is 0 Å². The molecule has 0 amide bonds. The van der Waals surface area contributed by atoms with Gasteiger partial charge in [0.1, 0.15) is 5.82 Å². The summed E-state index contributed by atoms with van der Waals surface area (Å²) in [6, 6.07) is 24.1. The van der Waals surface area contributed by atoms with Gasteiger partial charge >= 0.3 is 5.97 Å². The van der Waals surface area contributed by atoms with Crippen LogP contribution in [0.1, 0.15) is 10.4 Å². The van der Waals surface area contributed by atoms with Crippen LogP contribution in [-0.2, 0) is 0 Å². The van der Waals surface area contributed by atoms with Crippen LogP contribution in [0.3, 0.4) is 0 Å². The van der Waals surface area contributed by atoms with Crippen molar-refractivity contribution in [1.82, 2.24) is 9.97 Å². The highest BCUT2D eigenvalue weighted by atomic mass is 16.4. The van der Waals surface area contributed by atoms with Gasteiger partial charge in [-0.3, -0.25) is 0 Å². The summed E-state index contributed by atoms with van der Waals surface area (Å²) in [6.07, 6.45) is 0. The van der Waals surface area contributed by atoms with Gasteiger partial charge in [-0.25, -0.2) is 14.8 Å². The molecule has 0 spiro atoms. The molecule has 0 unspecified atom stereocenters. The molecule has 0 saturated heterocycles. The van der Waals surface area contributed by atoms with Crippen molar-refractivity contribution in [2.24, 2.45) is 0 Å².